The molecule has 0 spiro atoms. The van der Waals surface area contributed by atoms with Crippen LogP contribution in [-0.4, -0.2) is 102 Å². The van der Waals surface area contributed by atoms with Crippen molar-refractivity contribution in [1.29, 1.82) is 0 Å². The van der Waals surface area contributed by atoms with Gasteiger partial charge in [0, 0.05) is 51.4 Å². The van der Waals surface area contributed by atoms with Crippen LogP contribution in [-0.2, 0) is 23.6 Å². The van der Waals surface area contributed by atoms with E-state index in [9.17, 15) is 10.2 Å². The van der Waals surface area contributed by atoms with Gasteiger partial charge in [-0.25, -0.2) is 19.9 Å². The number of fused-ring (bicyclic) bond motifs is 2. The standard InChI is InChI=1S/2C16H17N5O2/c2*1-20-15-13(10-17-20)16(21-5-7-23-8-6-21)19-14(18-15)11-3-2-4-12(22)9-11/h2*2-4,9-10,22H,5-8H2,1H3. The summed E-state index contributed by atoms with van der Waals surface area (Å²) in [5, 5.41) is 29.9. The van der Waals surface area contributed by atoms with Crippen LogP contribution in [0.25, 0.3) is 44.8 Å². The summed E-state index contributed by atoms with van der Waals surface area (Å²) in [7, 11) is 3.73. The molecule has 2 aromatic carbocycles. The molecule has 46 heavy (non-hydrogen) atoms. The second-order valence-electron chi connectivity index (χ2n) is 11.1. The van der Waals surface area contributed by atoms with Gasteiger partial charge >= 0.3 is 0 Å². The quantitative estimate of drug-likeness (QED) is 0.297. The van der Waals surface area contributed by atoms with Crippen molar-refractivity contribution in [2.75, 3.05) is 62.4 Å². The first-order valence-electron chi connectivity index (χ1n) is 15.1. The highest BCUT2D eigenvalue weighted by atomic mass is 16.5. The van der Waals surface area contributed by atoms with E-state index in [2.05, 4.69) is 30.0 Å². The lowest BCUT2D eigenvalue weighted by Crippen LogP contribution is -2.37. The van der Waals surface area contributed by atoms with Gasteiger partial charge in [-0.2, -0.15) is 10.2 Å². The summed E-state index contributed by atoms with van der Waals surface area (Å²) >= 11 is 0. The van der Waals surface area contributed by atoms with E-state index in [0.29, 0.717) is 38.1 Å². The maximum absolute atomic E-state index is 9.72. The van der Waals surface area contributed by atoms with E-state index in [-0.39, 0.29) is 11.5 Å². The number of benzene rings is 2. The lowest BCUT2D eigenvalue weighted by molar-refractivity contribution is 0.122. The SMILES string of the molecule is Cn1ncc2c(N3CCOCC3)nc(-c3cccc(O)c3)nc21.Cn1ncc2c(N3CCOCC3)nc(-c3cccc(O)c3)nc21. The molecule has 0 aliphatic carbocycles. The Kier molecular flexibility index (Phi) is 8.03. The van der Waals surface area contributed by atoms with Crippen molar-refractivity contribution >= 4 is 33.7 Å². The molecular weight excluding hydrogens is 588 g/mol. The van der Waals surface area contributed by atoms with Crippen molar-refractivity contribution in [1.82, 2.24) is 39.5 Å². The number of phenols is 2. The number of anilines is 2. The summed E-state index contributed by atoms with van der Waals surface area (Å²) in [6, 6.07) is 14.0. The topological polar surface area (TPSA) is 153 Å². The van der Waals surface area contributed by atoms with Crippen LogP contribution in [0.4, 0.5) is 11.6 Å². The third-order valence-electron chi connectivity index (χ3n) is 7.97. The van der Waals surface area contributed by atoms with E-state index >= 15 is 0 Å². The minimum Gasteiger partial charge on any atom is -0.508 e. The molecule has 0 bridgehead atoms. The molecule has 6 heterocycles. The van der Waals surface area contributed by atoms with Crippen molar-refractivity contribution in [2.24, 2.45) is 14.1 Å². The average molecular weight is 623 g/mol. The molecule has 0 atom stereocenters. The molecular formula is C32H34N10O4. The molecule has 0 amide bonds. The van der Waals surface area contributed by atoms with Gasteiger partial charge in [0.15, 0.2) is 22.9 Å². The predicted octanol–water partition coefficient (Wildman–Crippen LogP) is 3.15. The molecule has 14 nitrogen and oxygen atoms in total. The van der Waals surface area contributed by atoms with Crippen molar-refractivity contribution in [3.8, 4) is 34.3 Å². The smallest absolute Gasteiger partial charge is 0.164 e. The number of nitrogens with zero attached hydrogens (tertiary/aromatic N) is 10. The van der Waals surface area contributed by atoms with Gasteiger partial charge in [-0.3, -0.25) is 9.36 Å². The number of aromatic hydroxyl groups is 2. The normalized spacial score (nSPS) is 15.3. The predicted molar refractivity (Wildman–Crippen MR) is 173 cm³/mol. The van der Waals surface area contributed by atoms with Crippen LogP contribution < -0.4 is 9.80 Å². The zero-order valence-electron chi connectivity index (χ0n) is 25.6. The second kappa shape index (κ2) is 12.6. The van der Waals surface area contributed by atoms with Crippen LogP contribution in [0.3, 0.4) is 0 Å². The summed E-state index contributed by atoms with van der Waals surface area (Å²) in [5.74, 6) is 3.29. The molecule has 0 saturated carbocycles. The Balaban J connectivity index is 0.000000147. The second-order valence-corrected chi connectivity index (χ2v) is 11.1. The zero-order chi connectivity index (χ0) is 31.6. The third kappa shape index (κ3) is 5.87. The number of hydrogen-bond acceptors (Lipinski definition) is 12. The highest BCUT2D eigenvalue weighted by Crippen LogP contribution is 2.30. The van der Waals surface area contributed by atoms with E-state index in [1.165, 1.54) is 0 Å². The zero-order valence-corrected chi connectivity index (χ0v) is 25.6. The van der Waals surface area contributed by atoms with Gasteiger partial charge in [0.2, 0.25) is 0 Å². The Bertz CT molecular complexity index is 1850. The molecule has 2 saturated heterocycles. The first-order valence-corrected chi connectivity index (χ1v) is 15.1. The summed E-state index contributed by atoms with van der Waals surface area (Å²) < 4.78 is 14.3. The van der Waals surface area contributed by atoms with Crippen LogP contribution in [0.15, 0.2) is 60.9 Å². The minimum absolute atomic E-state index is 0.198. The van der Waals surface area contributed by atoms with E-state index in [4.69, 9.17) is 19.4 Å². The fourth-order valence-corrected chi connectivity index (χ4v) is 5.60. The molecule has 2 aliphatic heterocycles. The lowest BCUT2D eigenvalue weighted by atomic mass is 10.2. The summed E-state index contributed by atoms with van der Waals surface area (Å²) in [6.07, 6.45) is 3.60. The number of hydrogen-bond donors (Lipinski definition) is 2. The summed E-state index contributed by atoms with van der Waals surface area (Å²) in [5.41, 5.74) is 3.12. The number of morpholine rings is 2. The number of phenolic OH excluding ortho intramolecular Hbond substituents is 2. The highest BCUT2D eigenvalue weighted by Gasteiger charge is 2.21. The average Bonchev–Trinajstić information content (AvgIpc) is 3.66. The Labute approximate surface area is 264 Å². The van der Waals surface area contributed by atoms with Crippen molar-refractivity contribution < 1.29 is 19.7 Å². The third-order valence-corrected chi connectivity index (χ3v) is 7.97. The fraction of sp³-hybridized carbons (Fsp3) is 0.312. The van der Waals surface area contributed by atoms with E-state index in [0.717, 1.165) is 71.0 Å². The fourth-order valence-electron chi connectivity index (χ4n) is 5.60. The molecule has 14 heteroatoms. The van der Waals surface area contributed by atoms with Gasteiger partial charge in [-0.1, -0.05) is 24.3 Å². The van der Waals surface area contributed by atoms with Crippen LogP contribution >= 0.6 is 0 Å². The van der Waals surface area contributed by atoms with Gasteiger partial charge in [0.1, 0.15) is 23.1 Å². The Morgan fingerprint density at radius 3 is 1.39 bits per heavy atom. The maximum atomic E-state index is 9.72. The van der Waals surface area contributed by atoms with E-state index in [1.807, 2.05) is 26.2 Å². The molecule has 0 radical (unpaired) electrons. The Morgan fingerprint density at radius 2 is 1.00 bits per heavy atom. The van der Waals surface area contributed by atoms with Gasteiger partial charge in [-0.05, 0) is 24.3 Å². The Hall–Kier alpha value is -5.34. The van der Waals surface area contributed by atoms with E-state index in [1.54, 1.807) is 58.2 Å². The maximum Gasteiger partial charge on any atom is 0.164 e. The van der Waals surface area contributed by atoms with Crippen LogP contribution in [0.2, 0.25) is 0 Å². The van der Waals surface area contributed by atoms with Gasteiger partial charge in [0.25, 0.3) is 0 Å². The van der Waals surface area contributed by atoms with Gasteiger partial charge in [-0.15, -0.1) is 0 Å². The first-order chi connectivity index (χ1) is 22.4. The van der Waals surface area contributed by atoms with Crippen LogP contribution in [0, 0.1) is 0 Å². The molecule has 0 unspecified atom stereocenters. The molecule has 4 aromatic heterocycles. The number of aromatic nitrogens is 8. The summed E-state index contributed by atoms with van der Waals surface area (Å²) in [6.45, 7) is 5.92. The van der Waals surface area contributed by atoms with Gasteiger partial charge in [0.05, 0.1) is 49.6 Å². The van der Waals surface area contributed by atoms with Crippen molar-refractivity contribution in [3.63, 3.8) is 0 Å². The number of aryl methyl sites for hydroxylation is 2. The largest absolute Gasteiger partial charge is 0.508 e. The van der Waals surface area contributed by atoms with Crippen LogP contribution in [0.1, 0.15) is 0 Å². The molecule has 236 valence electrons. The lowest BCUT2D eigenvalue weighted by Gasteiger charge is -2.28. The Morgan fingerprint density at radius 1 is 0.587 bits per heavy atom. The number of ether oxygens (including phenoxy) is 2. The molecule has 2 aliphatic rings. The summed E-state index contributed by atoms with van der Waals surface area (Å²) in [4.78, 5) is 23.1. The van der Waals surface area contributed by atoms with Crippen molar-refractivity contribution in [3.05, 3.63) is 60.9 Å². The highest BCUT2D eigenvalue weighted by molar-refractivity contribution is 5.89. The minimum atomic E-state index is 0.198. The molecule has 2 fully saturated rings. The molecule has 2 N–H and O–H groups in total. The monoisotopic (exact) mass is 622 g/mol. The van der Waals surface area contributed by atoms with Gasteiger partial charge < -0.3 is 29.5 Å². The van der Waals surface area contributed by atoms with E-state index < -0.39 is 0 Å². The molecule has 8 rings (SSSR count). The number of rotatable bonds is 4. The van der Waals surface area contributed by atoms with Crippen molar-refractivity contribution in [2.45, 2.75) is 0 Å². The van der Waals surface area contributed by atoms with Crippen LogP contribution in [0.5, 0.6) is 11.5 Å². The molecule has 6 aromatic rings. The first kappa shape index (κ1) is 29.4.